The molecule has 0 fully saturated rings. The zero-order chi connectivity index (χ0) is 19.9. The maximum Gasteiger partial charge on any atom is 0.258 e. The molecule has 0 atom stereocenters. The summed E-state index contributed by atoms with van der Waals surface area (Å²) in [7, 11) is 3.38. The van der Waals surface area contributed by atoms with Crippen LogP contribution in [0, 0.1) is 0 Å². The normalized spacial score (nSPS) is 11.0. The van der Waals surface area contributed by atoms with E-state index in [1.165, 1.54) is 0 Å². The molecule has 0 aliphatic heterocycles. The fourth-order valence-electron chi connectivity index (χ4n) is 3.12. The van der Waals surface area contributed by atoms with Gasteiger partial charge >= 0.3 is 0 Å². The first-order valence-electron chi connectivity index (χ1n) is 9.46. The summed E-state index contributed by atoms with van der Waals surface area (Å²) < 4.78 is 12.7. The highest BCUT2D eigenvalue weighted by atomic mass is 16.5. The van der Waals surface area contributed by atoms with Gasteiger partial charge in [-0.15, -0.1) is 0 Å². The number of methoxy groups -OCH3 is 1. The van der Waals surface area contributed by atoms with E-state index in [1.807, 2.05) is 42.5 Å². The highest BCUT2D eigenvalue weighted by molar-refractivity contribution is 5.86. The highest BCUT2D eigenvalue weighted by Gasteiger charge is 2.09. The van der Waals surface area contributed by atoms with Gasteiger partial charge in [0.15, 0.2) is 0 Å². The van der Waals surface area contributed by atoms with Gasteiger partial charge in [-0.2, -0.15) is 0 Å². The van der Waals surface area contributed by atoms with E-state index in [2.05, 4.69) is 5.32 Å². The number of fused-ring (bicyclic) bond motifs is 1. The van der Waals surface area contributed by atoms with Crippen LogP contribution >= 0.6 is 0 Å². The van der Waals surface area contributed by atoms with Crippen molar-refractivity contribution >= 4 is 10.8 Å². The molecular weight excluding hydrogens is 354 g/mol. The summed E-state index contributed by atoms with van der Waals surface area (Å²) in [5.74, 6) is 1.50. The Kier molecular flexibility index (Phi) is 6.68. The molecule has 3 rings (SSSR count). The Morgan fingerprint density at radius 2 is 1.79 bits per heavy atom. The van der Waals surface area contributed by atoms with Crippen LogP contribution in [0.4, 0.5) is 0 Å². The Morgan fingerprint density at radius 3 is 2.50 bits per heavy atom. The van der Waals surface area contributed by atoms with Crippen LogP contribution in [0.5, 0.6) is 11.5 Å². The molecule has 6 heteroatoms. The molecule has 3 aromatic rings. The summed E-state index contributed by atoms with van der Waals surface area (Å²) in [5, 5.41) is 4.78. The van der Waals surface area contributed by atoms with Gasteiger partial charge in [-0.25, -0.2) is 0 Å². The molecule has 0 saturated carbocycles. The Bertz CT molecular complexity index is 981. The molecule has 6 nitrogen and oxygen atoms in total. The number of nitrogens with two attached hydrogens (primary N) is 1. The molecule has 0 aliphatic rings. The fourth-order valence-corrected chi connectivity index (χ4v) is 3.12. The lowest BCUT2D eigenvalue weighted by Gasteiger charge is -2.12. The second kappa shape index (κ2) is 9.39. The molecule has 0 radical (unpaired) electrons. The lowest BCUT2D eigenvalue weighted by atomic mass is 10.1. The van der Waals surface area contributed by atoms with Gasteiger partial charge < -0.3 is 25.1 Å². The summed E-state index contributed by atoms with van der Waals surface area (Å²) in [6, 6.07) is 15.4. The van der Waals surface area contributed by atoms with Crippen LogP contribution in [0.2, 0.25) is 0 Å². The largest absolute Gasteiger partial charge is 0.497 e. The third-order valence-corrected chi connectivity index (χ3v) is 4.69. The van der Waals surface area contributed by atoms with Crippen LogP contribution < -0.4 is 26.1 Å². The molecule has 148 valence electrons. The smallest absolute Gasteiger partial charge is 0.258 e. The van der Waals surface area contributed by atoms with Crippen molar-refractivity contribution in [2.45, 2.75) is 6.42 Å². The van der Waals surface area contributed by atoms with Crippen molar-refractivity contribution in [1.29, 1.82) is 0 Å². The van der Waals surface area contributed by atoms with Crippen LogP contribution in [-0.4, -0.2) is 37.9 Å². The van der Waals surface area contributed by atoms with Gasteiger partial charge in [0, 0.05) is 20.1 Å². The average Bonchev–Trinajstić information content (AvgIpc) is 2.73. The van der Waals surface area contributed by atoms with Gasteiger partial charge in [-0.1, -0.05) is 6.07 Å². The molecule has 0 saturated heterocycles. The minimum absolute atomic E-state index is 0.0447. The van der Waals surface area contributed by atoms with Crippen molar-refractivity contribution in [1.82, 2.24) is 9.88 Å². The molecule has 1 heterocycles. The van der Waals surface area contributed by atoms with Crippen LogP contribution in [0.15, 0.2) is 53.3 Å². The molecule has 0 unspecified atom stereocenters. The summed E-state index contributed by atoms with van der Waals surface area (Å²) in [6.45, 7) is 3.01. The van der Waals surface area contributed by atoms with E-state index in [9.17, 15) is 4.79 Å². The summed E-state index contributed by atoms with van der Waals surface area (Å²) >= 11 is 0. The second-order valence-corrected chi connectivity index (χ2v) is 6.61. The first-order valence-corrected chi connectivity index (χ1v) is 9.46. The average molecular weight is 381 g/mol. The van der Waals surface area contributed by atoms with Crippen LogP contribution in [0.25, 0.3) is 22.0 Å². The SMILES string of the molecule is COc1ccc2cc(-c3ccc(OCCCNCCN)cc3)n(C)c(=O)c2c1. The zero-order valence-corrected chi connectivity index (χ0v) is 16.4. The van der Waals surface area contributed by atoms with Gasteiger partial charge in [-0.05, 0) is 66.4 Å². The van der Waals surface area contributed by atoms with Crippen LogP contribution in [-0.2, 0) is 7.05 Å². The number of rotatable bonds is 9. The topological polar surface area (TPSA) is 78.5 Å². The van der Waals surface area contributed by atoms with E-state index in [4.69, 9.17) is 15.2 Å². The Hall–Kier alpha value is -2.83. The Morgan fingerprint density at radius 1 is 1.04 bits per heavy atom. The van der Waals surface area contributed by atoms with E-state index in [1.54, 1.807) is 24.8 Å². The molecular formula is C22H27N3O3. The van der Waals surface area contributed by atoms with Gasteiger partial charge in [0.25, 0.3) is 5.56 Å². The summed E-state index contributed by atoms with van der Waals surface area (Å²) in [5.41, 5.74) is 7.22. The lowest BCUT2D eigenvalue weighted by molar-refractivity contribution is 0.308. The standard InChI is InChI=1S/C22H27N3O3/c1-25-21(14-17-6-9-19(27-2)15-20(17)22(25)26)16-4-7-18(8-5-16)28-13-3-11-24-12-10-23/h4-9,14-15,24H,3,10-13,23H2,1-2H3. The molecule has 28 heavy (non-hydrogen) atoms. The summed E-state index contributed by atoms with van der Waals surface area (Å²) in [4.78, 5) is 12.8. The first-order chi connectivity index (χ1) is 13.6. The minimum atomic E-state index is -0.0447. The molecule has 0 amide bonds. The molecule has 0 bridgehead atoms. The predicted octanol–water partition coefficient (Wildman–Crippen LogP) is 2.53. The number of hydrogen-bond acceptors (Lipinski definition) is 5. The van der Waals surface area contributed by atoms with E-state index >= 15 is 0 Å². The zero-order valence-electron chi connectivity index (χ0n) is 16.4. The minimum Gasteiger partial charge on any atom is -0.497 e. The number of pyridine rings is 1. The Labute approximate surface area is 164 Å². The van der Waals surface area contributed by atoms with Crippen molar-refractivity contribution in [3.05, 3.63) is 58.9 Å². The number of benzene rings is 2. The predicted molar refractivity (Wildman–Crippen MR) is 113 cm³/mol. The van der Waals surface area contributed by atoms with E-state index in [-0.39, 0.29) is 5.56 Å². The van der Waals surface area contributed by atoms with E-state index in [0.29, 0.717) is 24.3 Å². The van der Waals surface area contributed by atoms with Crippen molar-refractivity contribution in [2.24, 2.45) is 12.8 Å². The number of nitrogens with zero attached hydrogens (tertiary/aromatic N) is 1. The molecule has 2 aromatic carbocycles. The highest BCUT2D eigenvalue weighted by Crippen LogP contribution is 2.25. The summed E-state index contributed by atoms with van der Waals surface area (Å²) in [6.07, 6.45) is 0.921. The number of ether oxygens (including phenoxy) is 2. The molecule has 3 N–H and O–H groups in total. The molecule has 0 aliphatic carbocycles. The van der Waals surface area contributed by atoms with Gasteiger partial charge in [-0.3, -0.25) is 4.79 Å². The quantitative estimate of drug-likeness (QED) is 0.557. The lowest BCUT2D eigenvalue weighted by Crippen LogP contribution is -2.24. The first kappa shape index (κ1) is 19.9. The number of aromatic nitrogens is 1. The second-order valence-electron chi connectivity index (χ2n) is 6.61. The number of hydrogen-bond donors (Lipinski definition) is 2. The molecule has 0 spiro atoms. The third kappa shape index (κ3) is 4.52. The maximum absolute atomic E-state index is 12.8. The monoisotopic (exact) mass is 381 g/mol. The van der Waals surface area contributed by atoms with Crippen molar-refractivity contribution < 1.29 is 9.47 Å². The van der Waals surface area contributed by atoms with Gasteiger partial charge in [0.05, 0.1) is 24.8 Å². The third-order valence-electron chi connectivity index (χ3n) is 4.69. The molecule has 1 aromatic heterocycles. The van der Waals surface area contributed by atoms with E-state index in [0.717, 1.165) is 41.9 Å². The van der Waals surface area contributed by atoms with Crippen LogP contribution in [0.3, 0.4) is 0 Å². The Balaban J connectivity index is 1.75. The van der Waals surface area contributed by atoms with Crippen molar-refractivity contribution in [3.8, 4) is 22.8 Å². The maximum atomic E-state index is 12.8. The van der Waals surface area contributed by atoms with Crippen molar-refractivity contribution in [3.63, 3.8) is 0 Å². The van der Waals surface area contributed by atoms with Crippen molar-refractivity contribution in [2.75, 3.05) is 33.4 Å². The fraction of sp³-hybridized carbons (Fsp3) is 0.318. The van der Waals surface area contributed by atoms with E-state index < -0.39 is 0 Å². The van der Waals surface area contributed by atoms with Crippen LogP contribution in [0.1, 0.15) is 6.42 Å². The number of nitrogens with one attached hydrogen (secondary N) is 1. The van der Waals surface area contributed by atoms with Gasteiger partial charge in [0.2, 0.25) is 0 Å². The van der Waals surface area contributed by atoms with Gasteiger partial charge in [0.1, 0.15) is 11.5 Å².